The summed E-state index contributed by atoms with van der Waals surface area (Å²) in [5.41, 5.74) is 27.5. The predicted molar refractivity (Wildman–Crippen MR) is 584 cm³/mol. The van der Waals surface area contributed by atoms with Crippen LogP contribution in [0.25, 0.3) is 0 Å². The molecule has 3 atom stereocenters. The van der Waals surface area contributed by atoms with Crippen LogP contribution in [-0.4, -0.2) is 139 Å². The number of aliphatic imine (C=N–C) groups is 1. The van der Waals surface area contributed by atoms with Crippen molar-refractivity contribution in [2.45, 2.75) is 181 Å². The summed E-state index contributed by atoms with van der Waals surface area (Å²) in [6, 6.07) is 86.9. The number of isocyanates is 1. The summed E-state index contributed by atoms with van der Waals surface area (Å²) in [6.45, 7) is 22.8. The van der Waals surface area contributed by atoms with Crippen LogP contribution in [0.4, 0.5) is 38.0 Å². The zero-order valence-electron chi connectivity index (χ0n) is 83.5. The van der Waals surface area contributed by atoms with Crippen molar-refractivity contribution in [1.29, 1.82) is 0 Å². The number of anilines is 4. The fourth-order valence-corrected chi connectivity index (χ4v) is 18.0. The van der Waals surface area contributed by atoms with E-state index < -0.39 is 36.1 Å². The average molecular weight is 2060 g/mol. The van der Waals surface area contributed by atoms with E-state index in [2.05, 4.69) is 119 Å². The smallest absolute Gasteiger partial charge is 0.417 e. The molecule has 0 aromatic heterocycles. The molecule has 12 aromatic rings. The van der Waals surface area contributed by atoms with E-state index in [1.165, 1.54) is 92.0 Å². The topological polar surface area (TPSA) is 342 Å². The number of alkyl halides is 1. The van der Waals surface area contributed by atoms with Crippen molar-refractivity contribution in [3.8, 4) is 17.2 Å². The molecule has 0 spiro atoms. The van der Waals surface area contributed by atoms with Crippen LogP contribution in [0, 0.1) is 34.6 Å². The second kappa shape index (κ2) is 60.6. The van der Waals surface area contributed by atoms with Crippen molar-refractivity contribution in [1.82, 2.24) is 14.7 Å². The summed E-state index contributed by atoms with van der Waals surface area (Å²) >= 11 is 3.36. The number of aryl methyl sites for hydroxylation is 5. The van der Waals surface area contributed by atoms with Gasteiger partial charge >= 0.3 is 42.0 Å². The number of hydrogen-bond donors (Lipinski definition) is 7. The van der Waals surface area contributed by atoms with Crippen LogP contribution in [0.3, 0.4) is 0 Å². The Morgan fingerprint density at radius 1 is 0.389 bits per heavy atom. The average Bonchev–Trinajstić information content (AvgIpc) is 1.54. The maximum absolute atomic E-state index is 12.7. The number of amides is 2. The predicted octanol–water partition coefficient (Wildman–Crippen LogP) is 26.5. The van der Waals surface area contributed by atoms with Crippen molar-refractivity contribution >= 4 is 117 Å². The number of benzene rings is 12. The molecule has 3 aliphatic heterocycles. The van der Waals surface area contributed by atoms with Gasteiger partial charge in [0.2, 0.25) is 6.08 Å². The lowest BCUT2D eigenvalue weighted by molar-refractivity contribution is 0.0463. The number of halogens is 3. The number of nitrogens with two attached hydrogens (primary N) is 2. The van der Waals surface area contributed by atoms with Crippen molar-refractivity contribution in [3.63, 3.8) is 0 Å². The Hall–Kier alpha value is -13.8. The fourth-order valence-electron chi connectivity index (χ4n) is 17.6. The molecular formula is C117H139BrCl2N8O16. The Kier molecular flexibility index (Phi) is 50.1. The number of likely N-dealkylation sites (N-methyl/N-ethyl adjacent to an activating group) is 3. The Balaban J connectivity index is 0.000000268. The van der Waals surface area contributed by atoms with E-state index in [1.54, 1.807) is 112 Å². The lowest BCUT2D eigenvalue weighted by atomic mass is 9.74. The number of carbonyl (C=O) groups excluding carboxylic acids is 6. The normalized spacial score (nSPS) is 15.7. The van der Waals surface area contributed by atoms with Gasteiger partial charge in [0.15, 0.2) is 0 Å². The molecule has 0 aliphatic carbocycles. The number of aromatic carboxylic acids is 2. The largest absolute Gasteiger partial charge is 0.508 e. The number of carboxylic acids is 2. The first kappa shape index (κ1) is 119. The Bertz CT molecular complexity index is 6160. The number of phenols is 1. The number of rotatable bonds is 23. The molecule has 3 unspecified atom stereocenters. The van der Waals surface area contributed by atoms with E-state index in [-0.39, 0.29) is 79.8 Å². The molecule has 0 radical (unpaired) electrons. The zero-order chi connectivity index (χ0) is 102. The van der Waals surface area contributed by atoms with Crippen molar-refractivity contribution < 1.29 is 77.4 Å². The standard InChI is InChI=1S/C31H36N2O4.C24H30N2O4.C16H13NO3.C15H15NO2.C15H23NO.C8H9NO2.C7H7Br.CH4.2ClH/c1-4-31(17-8-9-18-33(3)22-31)25-13-10-14-27(20-25)37-30(35)32-26-15-16-28(23(2)19-26)29(34)36-21-24-11-6-5-7-12-24;1-4-24(12-5-6-13-26(3)16-24)18-8-7-9-20(15-18)30-23(29)25-19-10-11-21(22(27)28)17(2)14-19;1-12-9-14(17-11-18)7-8-15(12)16(19)20-10-13-5-3-2-4-6-13;1-11-9-13(16)7-8-14(11)15(17)18-10-12-5-3-2-4-6-12;1-3-15(9-4-5-10-16(2)12-15)13-7-6-8-14(17)11-13;1-5-4-6(9)2-3-7(5)8(10)11;8-6-7-4-2-1-3-5-7;;;/h5-7,10-16,19-20H,4,8-9,17-18,21-22H2,1-3H3,(H,32,35);7-11,14-15H,4-6,12-13,16H2,1-3H3,(H,25,29)(H,27,28);2-9H,10H2,1H3;2-9H,10,16H2,1H3;6-8,11,17H,3-5,9-10,12H2,1-2H3;2-4H,9H2,1H3,(H,10,11);1-5H,6H2;1H4;2*1H. The minimum absolute atomic E-state index is 0. The third-order valence-corrected chi connectivity index (χ3v) is 26.1. The first-order valence-corrected chi connectivity index (χ1v) is 48.8. The number of phenolic OH excluding ortho intramolecular Hbond substituents is 1. The molecule has 764 valence electrons. The summed E-state index contributed by atoms with van der Waals surface area (Å²) < 4.78 is 27.1. The first-order valence-electron chi connectivity index (χ1n) is 47.6. The highest BCUT2D eigenvalue weighted by molar-refractivity contribution is 9.08. The van der Waals surface area contributed by atoms with Crippen LogP contribution in [0.1, 0.15) is 224 Å². The number of aromatic hydroxyl groups is 1. The van der Waals surface area contributed by atoms with Crippen molar-refractivity contribution in [3.05, 3.63) is 380 Å². The number of ether oxygens (including phenoxy) is 5. The third kappa shape index (κ3) is 37.5. The van der Waals surface area contributed by atoms with Gasteiger partial charge in [-0.3, -0.25) is 10.6 Å². The summed E-state index contributed by atoms with van der Waals surface area (Å²) in [6.07, 6.45) is 14.4. The zero-order valence-corrected chi connectivity index (χ0v) is 86.7. The molecule has 15 rings (SSSR count). The number of carboxylic acid groups (broad SMARTS) is 2. The van der Waals surface area contributed by atoms with E-state index in [0.717, 1.165) is 92.4 Å². The highest BCUT2D eigenvalue weighted by Crippen LogP contribution is 2.41. The van der Waals surface area contributed by atoms with Crippen LogP contribution in [0.15, 0.2) is 290 Å². The van der Waals surface area contributed by atoms with Gasteiger partial charge in [-0.15, -0.1) is 24.8 Å². The molecule has 0 saturated carbocycles. The van der Waals surface area contributed by atoms with E-state index in [1.807, 2.05) is 166 Å². The van der Waals surface area contributed by atoms with Crippen molar-refractivity contribution in [2.75, 3.05) is 82.5 Å². The van der Waals surface area contributed by atoms with Gasteiger partial charge in [0.1, 0.15) is 37.1 Å². The molecule has 9 N–H and O–H groups in total. The molecule has 2 amide bonds. The van der Waals surface area contributed by atoms with Crippen LogP contribution < -0.4 is 31.6 Å². The minimum Gasteiger partial charge on any atom is -0.508 e. The highest BCUT2D eigenvalue weighted by atomic mass is 79.9. The maximum Gasteiger partial charge on any atom is 0.417 e. The van der Waals surface area contributed by atoms with Gasteiger partial charge in [0.25, 0.3) is 0 Å². The fraction of sp³-hybridized carbons (Fsp3) is 0.316. The molecule has 3 aliphatic rings. The Morgan fingerprint density at radius 3 is 1.01 bits per heavy atom. The Morgan fingerprint density at radius 2 is 0.701 bits per heavy atom. The number of likely N-dealkylation sites (tertiary alicyclic amines) is 3. The van der Waals surface area contributed by atoms with Gasteiger partial charge in [-0.1, -0.05) is 221 Å². The van der Waals surface area contributed by atoms with Gasteiger partial charge in [-0.2, -0.15) is 4.99 Å². The maximum atomic E-state index is 12.7. The third-order valence-electron chi connectivity index (χ3n) is 25.4. The van der Waals surface area contributed by atoms with E-state index in [0.29, 0.717) is 90.2 Å². The molecule has 3 heterocycles. The van der Waals surface area contributed by atoms with Gasteiger partial charge in [-0.05, 0) is 327 Å². The molecule has 12 aromatic carbocycles. The lowest BCUT2D eigenvalue weighted by Gasteiger charge is -2.35. The number of carbonyl (C=O) groups is 7. The van der Waals surface area contributed by atoms with E-state index >= 15 is 0 Å². The van der Waals surface area contributed by atoms with Crippen molar-refractivity contribution in [2.24, 2.45) is 4.99 Å². The van der Waals surface area contributed by atoms with Gasteiger partial charge < -0.3 is 65.2 Å². The molecule has 0 bridgehead atoms. The monoisotopic (exact) mass is 2060 g/mol. The Labute approximate surface area is 869 Å². The number of nitrogens with one attached hydrogen (secondary N) is 2. The second-order valence-corrected chi connectivity index (χ2v) is 36.5. The van der Waals surface area contributed by atoms with Crippen LogP contribution in [0.5, 0.6) is 17.2 Å². The summed E-state index contributed by atoms with van der Waals surface area (Å²) in [4.78, 5) is 104. The summed E-state index contributed by atoms with van der Waals surface area (Å²) in [7, 11) is 6.56. The highest BCUT2D eigenvalue weighted by Gasteiger charge is 2.37. The molecule has 24 nitrogen and oxygen atoms in total. The minimum atomic E-state index is -0.993. The van der Waals surface area contributed by atoms with E-state index in [4.69, 9.17) is 45.4 Å². The number of esters is 3. The molecule has 3 saturated heterocycles. The quantitative estimate of drug-likeness (QED) is 0.00781. The number of nitrogens with zero attached hydrogens (tertiary/aromatic N) is 4. The summed E-state index contributed by atoms with van der Waals surface area (Å²) in [5.74, 6) is -1.61. The van der Waals surface area contributed by atoms with Gasteiger partial charge in [0.05, 0.1) is 33.5 Å². The SMILES string of the molecule is BrCc1ccccc1.C.CCC1(c2cccc(O)c2)CCCCN(C)C1.CCC1(c2cccc(OC(=O)Nc3ccc(C(=O)O)c(C)c3)c2)CCCCN(C)C1.CCC1(c2cccc(OC(=O)Nc3ccc(C(=O)OCc4ccccc4)c(C)c3)c2)CCCCN(C)C1.Cc1cc(N)ccc1C(=O)O.Cc1cc(N)ccc1C(=O)OCc1ccccc1.Cc1cc(N=C=O)ccc1C(=O)OCc1ccccc1.Cl.Cl. The second-order valence-electron chi connectivity index (χ2n) is 35.9. The number of nitrogen functional groups attached to an aromatic ring is 2. The summed E-state index contributed by atoms with van der Waals surface area (Å²) in [5, 5.41) is 33.8. The van der Waals surface area contributed by atoms with E-state index in [9.17, 15) is 43.5 Å². The first-order chi connectivity index (χ1) is 67.8. The molecule has 27 heteroatoms. The van der Waals surface area contributed by atoms with Crippen LogP contribution >= 0.6 is 40.7 Å². The van der Waals surface area contributed by atoms with Crippen LogP contribution in [0.2, 0.25) is 0 Å². The molecular weight excluding hydrogens is 1920 g/mol. The number of hydrogen-bond acceptors (Lipinski definition) is 20. The van der Waals surface area contributed by atoms with Gasteiger partial charge in [-0.25, -0.2) is 38.4 Å². The van der Waals surface area contributed by atoms with Gasteiger partial charge in [0, 0.05) is 64.0 Å². The lowest BCUT2D eigenvalue weighted by Crippen LogP contribution is -2.37. The van der Waals surface area contributed by atoms with Crippen LogP contribution in [-0.2, 0) is 60.4 Å². The molecule has 144 heavy (non-hydrogen) atoms. The molecule has 3 fully saturated rings.